The van der Waals surface area contributed by atoms with E-state index >= 15 is 0 Å². The number of rotatable bonds is 8. The molecule has 0 saturated heterocycles. The number of nitrogens with one attached hydrogen (secondary N) is 2. The summed E-state index contributed by atoms with van der Waals surface area (Å²) in [6, 6.07) is 10.5. The Kier molecular flexibility index (Phi) is 8.03. The summed E-state index contributed by atoms with van der Waals surface area (Å²) in [5.74, 6) is 0.120. The highest BCUT2D eigenvalue weighted by molar-refractivity contribution is 5.98. The second kappa shape index (κ2) is 10.5. The van der Waals surface area contributed by atoms with Gasteiger partial charge < -0.3 is 19.5 Å². The van der Waals surface area contributed by atoms with Gasteiger partial charge in [0.2, 0.25) is 0 Å². The Balaban J connectivity index is 1.95. The number of ether oxygens (including phenoxy) is 3. The van der Waals surface area contributed by atoms with E-state index in [0.717, 1.165) is 12.5 Å². The summed E-state index contributed by atoms with van der Waals surface area (Å²) in [5, 5.41) is 5.03. The molecule has 0 unspecified atom stereocenters. The van der Waals surface area contributed by atoms with Gasteiger partial charge in [-0.25, -0.2) is 9.18 Å². The van der Waals surface area contributed by atoms with Crippen LogP contribution < -0.4 is 20.1 Å². The lowest BCUT2D eigenvalue weighted by molar-refractivity contribution is -0.118. The van der Waals surface area contributed by atoms with Gasteiger partial charge in [0.05, 0.1) is 18.0 Å². The summed E-state index contributed by atoms with van der Waals surface area (Å²) < 4.78 is 29.8. The second-order valence-corrected chi connectivity index (χ2v) is 7.47. The van der Waals surface area contributed by atoms with E-state index in [4.69, 9.17) is 14.2 Å². The van der Waals surface area contributed by atoms with E-state index in [1.165, 1.54) is 12.1 Å². The first-order valence-electron chi connectivity index (χ1n) is 9.61. The van der Waals surface area contributed by atoms with Crippen molar-refractivity contribution in [2.45, 2.75) is 39.7 Å². The molecule has 0 aliphatic carbocycles. The Bertz CT molecular complexity index is 863. The zero-order chi connectivity index (χ0) is 22.1. The third kappa shape index (κ3) is 7.98. The summed E-state index contributed by atoms with van der Waals surface area (Å²) >= 11 is 0. The smallest absolute Gasteiger partial charge is 0.412 e. The van der Waals surface area contributed by atoms with E-state index in [1.54, 1.807) is 45.0 Å². The first kappa shape index (κ1) is 23.0. The molecule has 2 aromatic carbocycles. The van der Waals surface area contributed by atoms with Crippen LogP contribution in [0.15, 0.2) is 42.5 Å². The summed E-state index contributed by atoms with van der Waals surface area (Å²) in [7, 11) is 0. The Morgan fingerprint density at radius 1 is 0.933 bits per heavy atom. The van der Waals surface area contributed by atoms with Crippen LogP contribution in [-0.2, 0) is 9.53 Å². The van der Waals surface area contributed by atoms with Crippen molar-refractivity contribution in [1.82, 2.24) is 0 Å². The van der Waals surface area contributed by atoms with Crippen LogP contribution >= 0.6 is 0 Å². The van der Waals surface area contributed by atoms with Crippen molar-refractivity contribution in [2.75, 3.05) is 23.8 Å². The van der Waals surface area contributed by atoms with E-state index in [9.17, 15) is 14.0 Å². The molecule has 7 nitrogen and oxygen atoms in total. The highest BCUT2D eigenvalue weighted by Gasteiger charge is 2.18. The number of amides is 2. The maximum atomic E-state index is 13.6. The molecule has 0 radical (unpaired) electrons. The molecule has 0 spiro atoms. The Labute approximate surface area is 175 Å². The van der Waals surface area contributed by atoms with Gasteiger partial charge in [0.15, 0.2) is 6.61 Å². The molecule has 0 atom stereocenters. The van der Waals surface area contributed by atoms with Crippen LogP contribution in [0.4, 0.5) is 20.6 Å². The summed E-state index contributed by atoms with van der Waals surface area (Å²) in [6.45, 7) is 7.51. The van der Waals surface area contributed by atoms with E-state index < -0.39 is 23.4 Å². The predicted octanol–water partition coefficient (Wildman–Crippen LogP) is 4.98. The number of carbonyl (C=O) groups excluding carboxylic acids is 2. The second-order valence-electron chi connectivity index (χ2n) is 7.47. The molecule has 162 valence electrons. The minimum atomic E-state index is -0.716. The van der Waals surface area contributed by atoms with Crippen molar-refractivity contribution in [3.8, 4) is 11.5 Å². The zero-order valence-electron chi connectivity index (χ0n) is 17.6. The molecule has 0 aliphatic rings. The number of halogens is 1. The lowest BCUT2D eigenvalue weighted by atomic mass is 10.2. The molecule has 8 heteroatoms. The first-order chi connectivity index (χ1) is 14.2. The van der Waals surface area contributed by atoms with Crippen molar-refractivity contribution in [3.05, 3.63) is 48.3 Å². The molecule has 0 bridgehead atoms. The van der Waals surface area contributed by atoms with Crippen LogP contribution in [0.3, 0.4) is 0 Å². The van der Waals surface area contributed by atoms with Gasteiger partial charge in [0.25, 0.3) is 5.91 Å². The van der Waals surface area contributed by atoms with Gasteiger partial charge in [-0.2, -0.15) is 0 Å². The number of anilines is 2. The topological polar surface area (TPSA) is 85.9 Å². The average molecular weight is 418 g/mol. The van der Waals surface area contributed by atoms with Crippen LogP contribution in [0.2, 0.25) is 0 Å². The minimum absolute atomic E-state index is 0.0952. The van der Waals surface area contributed by atoms with Gasteiger partial charge in [0, 0.05) is 0 Å². The SMILES string of the molecule is CCCOc1ccc(OCC(=O)Nc2cc(F)ccc2NC(=O)OC(C)(C)C)cc1. The summed E-state index contributed by atoms with van der Waals surface area (Å²) in [5.41, 5.74) is -0.396. The fourth-order valence-electron chi connectivity index (χ4n) is 2.33. The van der Waals surface area contributed by atoms with E-state index in [-0.39, 0.29) is 18.0 Å². The number of carbonyl (C=O) groups is 2. The summed E-state index contributed by atoms with van der Waals surface area (Å²) in [6.07, 6.45) is 0.190. The molecule has 2 amide bonds. The fourth-order valence-corrected chi connectivity index (χ4v) is 2.33. The molecule has 2 aromatic rings. The Morgan fingerprint density at radius 2 is 1.57 bits per heavy atom. The van der Waals surface area contributed by atoms with E-state index in [0.29, 0.717) is 18.1 Å². The predicted molar refractivity (Wildman–Crippen MR) is 113 cm³/mol. The minimum Gasteiger partial charge on any atom is -0.494 e. The van der Waals surface area contributed by atoms with Crippen molar-refractivity contribution in [2.24, 2.45) is 0 Å². The molecule has 0 fully saturated rings. The Hall–Kier alpha value is -3.29. The van der Waals surface area contributed by atoms with Crippen molar-refractivity contribution < 1.29 is 28.2 Å². The summed E-state index contributed by atoms with van der Waals surface area (Å²) in [4.78, 5) is 24.2. The molecule has 0 aromatic heterocycles. The van der Waals surface area contributed by atoms with Gasteiger partial charge in [-0.05, 0) is 69.7 Å². The highest BCUT2D eigenvalue weighted by atomic mass is 19.1. The Morgan fingerprint density at radius 3 is 2.17 bits per heavy atom. The number of hydrogen-bond donors (Lipinski definition) is 2. The van der Waals surface area contributed by atoms with Crippen molar-refractivity contribution in [3.63, 3.8) is 0 Å². The van der Waals surface area contributed by atoms with Gasteiger partial charge in [-0.15, -0.1) is 0 Å². The van der Waals surface area contributed by atoms with Gasteiger partial charge in [-0.1, -0.05) is 6.92 Å². The first-order valence-corrected chi connectivity index (χ1v) is 9.61. The molecule has 0 aliphatic heterocycles. The van der Waals surface area contributed by atoms with Crippen LogP contribution in [-0.4, -0.2) is 30.8 Å². The van der Waals surface area contributed by atoms with Gasteiger partial charge >= 0.3 is 6.09 Å². The number of benzene rings is 2. The fraction of sp³-hybridized carbons (Fsp3) is 0.364. The zero-order valence-corrected chi connectivity index (χ0v) is 17.6. The number of hydrogen-bond acceptors (Lipinski definition) is 5. The molecule has 30 heavy (non-hydrogen) atoms. The normalized spacial score (nSPS) is 10.8. The highest BCUT2D eigenvalue weighted by Crippen LogP contribution is 2.24. The van der Waals surface area contributed by atoms with Gasteiger partial charge in [-0.3, -0.25) is 10.1 Å². The molecule has 2 N–H and O–H groups in total. The lowest BCUT2D eigenvalue weighted by Crippen LogP contribution is -2.28. The van der Waals surface area contributed by atoms with Crippen molar-refractivity contribution >= 4 is 23.4 Å². The third-order valence-corrected chi connectivity index (χ3v) is 3.56. The maximum absolute atomic E-state index is 13.6. The van der Waals surface area contributed by atoms with Crippen LogP contribution in [0, 0.1) is 5.82 Å². The molecule has 2 rings (SSSR count). The lowest BCUT2D eigenvalue weighted by Gasteiger charge is -2.20. The van der Waals surface area contributed by atoms with E-state index in [2.05, 4.69) is 10.6 Å². The van der Waals surface area contributed by atoms with Crippen molar-refractivity contribution in [1.29, 1.82) is 0 Å². The van der Waals surface area contributed by atoms with Crippen LogP contribution in [0.25, 0.3) is 0 Å². The van der Waals surface area contributed by atoms with Gasteiger partial charge in [0.1, 0.15) is 22.9 Å². The largest absolute Gasteiger partial charge is 0.494 e. The molecule has 0 heterocycles. The average Bonchev–Trinajstić information content (AvgIpc) is 2.66. The van der Waals surface area contributed by atoms with Crippen LogP contribution in [0.5, 0.6) is 11.5 Å². The standard InChI is InChI=1S/C22H27FN2O5/c1-5-12-28-16-7-9-17(10-8-16)29-14-20(26)24-19-13-15(23)6-11-18(19)25-21(27)30-22(2,3)4/h6-11,13H,5,12,14H2,1-4H3,(H,24,26)(H,25,27). The van der Waals surface area contributed by atoms with E-state index in [1.807, 2.05) is 6.92 Å². The maximum Gasteiger partial charge on any atom is 0.412 e. The molecular weight excluding hydrogens is 391 g/mol. The molecule has 0 saturated carbocycles. The third-order valence-electron chi connectivity index (χ3n) is 3.56. The quantitative estimate of drug-likeness (QED) is 0.632. The monoisotopic (exact) mass is 418 g/mol. The van der Waals surface area contributed by atoms with Crippen LogP contribution in [0.1, 0.15) is 34.1 Å². The molecular formula is C22H27FN2O5.